The van der Waals surface area contributed by atoms with E-state index < -0.39 is 36.1 Å². The molecule has 3 amide bonds. The summed E-state index contributed by atoms with van der Waals surface area (Å²) in [5.74, 6) is -2.98. The molecule has 4 rings (SSSR count). The Hall–Kier alpha value is -2.68. The van der Waals surface area contributed by atoms with Gasteiger partial charge >= 0.3 is 6.18 Å². The molecule has 3 N–H and O–H groups in total. The van der Waals surface area contributed by atoms with Crippen LogP contribution in [0.5, 0.6) is 0 Å². The SMILES string of the molecule is Cc1c(Cl)cnc2c1N(C)C(=O)[C@H]1CN(C(=O)CCOC[C@H](C)NC3CNNC(=O)C3C(F)(F)F)CCN21. The maximum atomic E-state index is 13.3. The molecule has 15 heteroatoms. The Labute approximate surface area is 222 Å². The van der Waals surface area contributed by atoms with E-state index >= 15 is 0 Å². The molecule has 2 saturated heterocycles. The molecule has 0 radical (unpaired) electrons. The van der Waals surface area contributed by atoms with Crippen molar-refractivity contribution in [3.05, 3.63) is 16.8 Å². The summed E-state index contributed by atoms with van der Waals surface area (Å²) in [6, 6.07) is -2.20. The lowest BCUT2D eigenvalue weighted by Crippen LogP contribution is -2.65. The zero-order chi connectivity index (χ0) is 27.8. The van der Waals surface area contributed by atoms with Gasteiger partial charge in [0.15, 0.2) is 11.7 Å². The fourth-order valence-corrected chi connectivity index (χ4v) is 5.26. The number of aromatic nitrogens is 1. The minimum absolute atomic E-state index is 0.0556. The number of rotatable bonds is 7. The number of halogens is 4. The lowest BCUT2D eigenvalue weighted by molar-refractivity contribution is -0.193. The van der Waals surface area contributed by atoms with Gasteiger partial charge in [0.2, 0.25) is 11.8 Å². The number of hydrogen-bond acceptors (Lipinski definition) is 8. The number of amides is 3. The molecule has 1 aromatic heterocycles. The molecule has 3 aliphatic heterocycles. The maximum Gasteiger partial charge on any atom is 0.402 e. The molecule has 0 aromatic carbocycles. The molecule has 0 bridgehead atoms. The number of alkyl halides is 3. The fourth-order valence-electron chi connectivity index (χ4n) is 5.13. The molecule has 0 spiro atoms. The van der Waals surface area contributed by atoms with E-state index in [-0.39, 0.29) is 44.5 Å². The molecule has 1 aromatic rings. The summed E-state index contributed by atoms with van der Waals surface area (Å²) >= 11 is 6.21. The van der Waals surface area contributed by atoms with Gasteiger partial charge in [0.1, 0.15) is 6.04 Å². The smallest absolute Gasteiger partial charge is 0.379 e. The standard InChI is InChI=1S/C23H31ClF3N7O4/c1-12(30-15-9-29-31-21(36)18(15)23(25,26)27)11-38-7-4-17(35)33-5-6-34-16(10-33)22(37)32(3)19-13(2)14(24)8-28-20(19)34/h8,12,15-16,18,29-30H,4-7,9-11H2,1-3H3,(H,31,36)/t12-,15?,16+,18?/m0/s1. The van der Waals surface area contributed by atoms with Gasteiger partial charge in [-0.25, -0.2) is 10.4 Å². The third-order valence-electron chi connectivity index (χ3n) is 7.08. The fraction of sp³-hybridized carbons (Fsp3) is 0.652. The summed E-state index contributed by atoms with van der Waals surface area (Å²) in [5.41, 5.74) is 5.90. The Kier molecular flexibility index (Phi) is 8.35. The molecule has 2 unspecified atom stereocenters. The van der Waals surface area contributed by atoms with Crippen LogP contribution in [0.3, 0.4) is 0 Å². The van der Waals surface area contributed by atoms with Crippen LogP contribution in [0.4, 0.5) is 24.7 Å². The molecule has 210 valence electrons. The second kappa shape index (κ2) is 11.2. The monoisotopic (exact) mass is 561 g/mol. The molecule has 4 atom stereocenters. The molecule has 3 aliphatic rings. The molecule has 0 aliphatic carbocycles. The van der Waals surface area contributed by atoms with Crippen molar-refractivity contribution in [1.29, 1.82) is 0 Å². The van der Waals surface area contributed by atoms with Crippen LogP contribution in [0.15, 0.2) is 6.20 Å². The predicted octanol–water partition coefficient (Wildman–Crippen LogP) is 0.603. The Morgan fingerprint density at radius 3 is 2.79 bits per heavy atom. The number of nitrogens with zero attached hydrogens (tertiary/aromatic N) is 4. The van der Waals surface area contributed by atoms with Crippen molar-refractivity contribution >= 4 is 40.8 Å². The Morgan fingerprint density at radius 1 is 1.34 bits per heavy atom. The second-order valence-corrected chi connectivity index (χ2v) is 10.1. The van der Waals surface area contributed by atoms with Gasteiger partial charge in [-0.2, -0.15) is 13.2 Å². The molecular formula is C23H31ClF3N7O4. The summed E-state index contributed by atoms with van der Waals surface area (Å²) in [4.78, 5) is 47.1. The first kappa shape index (κ1) is 28.3. The number of carbonyl (C=O) groups is 3. The van der Waals surface area contributed by atoms with Crippen molar-refractivity contribution in [3.8, 4) is 0 Å². The Bertz CT molecular complexity index is 1090. The van der Waals surface area contributed by atoms with Crippen LogP contribution in [0.1, 0.15) is 18.9 Å². The highest BCUT2D eigenvalue weighted by atomic mass is 35.5. The number of hydrazine groups is 1. The van der Waals surface area contributed by atoms with Gasteiger partial charge in [-0.3, -0.25) is 19.8 Å². The third-order valence-corrected chi connectivity index (χ3v) is 7.46. The quantitative estimate of drug-likeness (QED) is 0.414. The van der Waals surface area contributed by atoms with Crippen LogP contribution in [0, 0.1) is 12.8 Å². The number of nitrogens with one attached hydrogen (secondary N) is 3. The highest BCUT2D eigenvalue weighted by molar-refractivity contribution is 6.32. The number of anilines is 2. The van der Waals surface area contributed by atoms with Crippen molar-refractivity contribution in [2.75, 3.05) is 56.2 Å². The van der Waals surface area contributed by atoms with E-state index in [2.05, 4.69) is 15.7 Å². The average molecular weight is 562 g/mol. The zero-order valence-electron chi connectivity index (χ0n) is 21.3. The van der Waals surface area contributed by atoms with Crippen molar-refractivity contribution in [2.45, 2.75) is 44.6 Å². The molecule has 2 fully saturated rings. The van der Waals surface area contributed by atoms with Crippen LogP contribution in [0.25, 0.3) is 0 Å². The summed E-state index contributed by atoms with van der Waals surface area (Å²) in [7, 11) is 1.67. The first-order chi connectivity index (χ1) is 17.9. The summed E-state index contributed by atoms with van der Waals surface area (Å²) in [6.45, 7) is 4.56. The number of ether oxygens (including phenoxy) is 1. The van der Waals surface area contributed by atoms with E-state index in [0.717, 1.165) is 5.56 Å². The minimum atomic E-state index is -4.68. The topological polar surface area (TPSA) is 119 Å². The van der Waals surface area contributed by atoms with E-state index in [1.165, 1.54) is 4.90 Å². The second-order valence-electron chi connectivity index (χ2n) is 9.74. The first-order valence-electron chi connectivity index (χ1n) is 12.3. The van der Waals surface area contributed by atoms with Crippen LogP contribution >= 0.6 is 11.6 Å². The predicted molar refractivity (Wildman–Crippen MR) is 133 cm³/mol. The van der Waals surface area contributed by atoms with Crippen LogP contribution in [0.2, 0.25) is 5.02 Å². The molecule has 4 heterocycles. The van der Waals surface area contributed by atoms with Gasteiger partial charge < -0.3 is 24.8 Å². The van der Waals surface area contributed by atoms with Gasteiger partial charge in [0.05, 0.1) is 36.9 Å². The summed E-state index contributed by atoms with van der Waals surface area (Å²) in [6.07, 6.45) is -3.06. The van der Waals surface area contributed by atoms with Crippen molar-refractivity contribution < 1.29 is 32.3 Å². The first-order valence-corrected chi connectivity index (χ1v) is 12.7. The lowest BCUT2D eigenvalue weighted by Gasteiger charge is -2.46. The van der Waals surface area contributed by atoms with Crippen LogP contribution in [-0.2, 0) is 19.1 Å². The minimum Gasteiger partial charge on any atom is -0.379 e. The highest BCUT2D eigenvalue weighted by Crippen LogP contribution is 2.39. The lowest BCUT2D eigenvalue weighted by atomic mass is 9.96. The van der Waals surface area contributed by atoms with Gasteiger partial charge in [0.25, 0.3) is 5.91 Å². The average Bonchev–Trinajstić information content (AvgIpc) is 2.85. The number of likely N-dealkylation sites (N-methyl/N-ethyl adjacent to an activating group) is 1. The number of fused-ring (bicyclic) bond motifs is 3. The molecule has 11 nitrogen and oxygen atoms in total. The number of carbonyl (C=O) groups excluding carboxylic acids is 3. The zero-order valence-corrected chi connectivity index (χ0v) is 22.0. The van der Waals surface area contributed by atoms with E-state index in [9.17, 15) is 27.6 Å². The Balaban J connectivity index is 1.26. The Morgan fingerprint density at radius 2 is 2.08 bits per heavy atom. The third kappa shape index (κ3) is 5.67. The molecular weight excluding hydrogens is 531 g/mol. The van der Waals surface area contributed by atoms with Crippen LogP contribution in [-0.4, -0.2) is 98.3 Å². The van der Waals surface area contributed by atoms with Crippen molar-refractivity contribution in [1.82, 2.24) is 26.1 Å². The molecule has 38 heavy (non-hydrogen) atoms. The molecule has 0 saturated carbocycles. The van der Waals surface area contributed by atoms with Crippen molar-refractivity contribution in [3.63, 3.8) is 0 Å². The van der Waals surface area contributed by atoms with E-state index in [1.54, 1.807) is 25.1 Å². The largest absolute Gasteiger partial charge is 0.402 e. The van der Waals surface area contributed by atoms with Gasteiger partial charge in [0, 0.05) is 45.0 Å². The van der Waals surface area contributed by atoms with Gasteiger partial charge in [-0.05, 0) is 19.4 Å². The van der Waals surface area contributed by atoms with Gasteiger partial charge in [-0.1, -0.05) is 11.6 Å². The van der Waals surface area contributed by atoms with Crippen molar-refractivity contribution in [2.24, 2.45) is 5.92 Å². The van der Waals surface area contributed by atoms with E-state index in [0.29, 0.717) is 29.6 Å². The van der Waals surface area contributed by atoms with E-state index in [1.807, 2.05) is 17.2 Å². The summed E-state index contributed by atoms with van der Waals surface area (Å²) < 4.78 is 45.4. The van der Waals surface area contributed by atoms with E-state index in [4.69, 9.17) is 16.3 Å². The maximum absolute atomic E-state index is 13.3. The normalized spacial score (nSPS) is 24.6. The highest BCUT2D eigenvalue weighted by Gasteiger charge is 2.51. The number of hydrogen-bond donors (Lipinski definition) is 3. The van der Waals surface area contributed by atoms with Crippen LogP contribution < -0.4 is 26.0 Å². The number of pyridine rings is 1. The van der Waals surface area contributed by atoms with Gasteiger partial charge in [-0.15, -0.1) is 0 Å². The summed E-state index contributed by atoms with van der Waals surface area (Å²) in [5, 5.41) is 3.26. The number of piperazine rings is 1.